The number of benzene rings is 3. The van der Waals surface area contributed by atoms with Gasteiger partial charge in [0.05, 0.1) is 7.11 Å². The van der Waals surface area contributed by atoms with Gasteiger partial charge in [0.1, 0.15) is 6.61 Å². The van der Waals surface area contributed by atoms with Crippen molar-refractivity contribution in [2.24, 2.45) is 4.99 Å². The Morgan fingerprint density at radius 2 is 1.87 bits per heavy atom. The zero-order valence-corrected chi connectivity index (χ0v) is 20.2. The van der Waals surface area contributed by atoms with Gasteiger partial charge >= 0.3 is 5.97 Å². The van der Waals surface area contributed by atoms with Crippen molar-refractivity contribution < 1.29 is 19.0 Å². The SMILES string of the molecule is COc1cc(/C=C2\N=C(c3ccc(Br)cc3)OC2=O)ccc1OCc1cccc(I)c1. The molecule has 1 aliphatic heterocycles. The zero-order valence-electron chi connectivity index (χ0n) is 16.5. The number of hydrogen-bond acceptors (Lipinski definition) is 5. The van der Waals surface area contributed by atoms with Crippen LogP contribution in [0.15, 0.2) is 81.9 Å². The molecule has 0 aromatic heterocycles. The highest BCUT2D eigenvalue weighted by Crippen LogP contribution is 2.30. The maximum atomic E-state index is 12.3. The van der Waals surface area contributed by atoms with Crippen LogP contribution in [0.1, 0.15) is 16.7 Å². The standard InChI is InChI=1S/C24H17BrINO4/c1-29-22-13-15(5-10-21(22)30-14-16-3-2-4-19(26)11-16)12-20-24(28)31-23(27-20)17-6-8-18(25)9-7-17/h2-13H,14H2,1H3/b20-12-. The number of esters is 1. The van der Waals surface area contributed by atoms with Crippen LogP contribution in [0, 0.1) is 3.57 Å². The first-order valence-corrected chi connectivity index (χ1v) is 11.2. The molecular formula is C24H17BrINO4. The minimum absolute atomic E-state index is 0.229. The molecule has 1 aliphatic rings. The number of cyclic esters (lactones) is 1. The second-order valence-electron chi connectivity index (χ2n) is 6.67. The van der Waals surface area contributed by atoms with E-state index in [0.717, 1.165) is 24.7 Å². The molecule has 0 spiro atoms. The summed E-state index contributed by atoms with van der Waals surface area (Å²) in [6, 6.07) is 21.0. The van der Waals surface area contributed by atoms with E-state index in [1.807, 2.05) is 54.6 Å². The lowest BCUT2D eigenvalue weighted by molar-refractivity contribution is -0.129. The number of halogens is 2. The summed E-state index contributed by atoms with van der Waals surface area (Å²) in [5, 5.41) is 0. The van der Waals surface area contributed by atoms with E-state index in [0.29, 0.717) is 18.1 Å². The van der Waals surface area contributed by atoms with Gasteiger partial charge in [-0.3, -0.25) is 0 Å². The van der Waals surface area contributed by atoms with Crippen molar-refractivity contribution in [3.8, 4) is 11.5 Å². The highest BCUT2D eigenvalue weighted by molar-refractivity contribution is 14.1. The Balaban J connectivity index is 1.53. The molecule has 0 radical (unpaired) electrons. The van der Waals surface area contributed by atoms with Crippen LogP contribution in [0.4, 0.5) is 0 Å². The van der Waals surface area contributed by atoms with Gasteiger partial charge in [-0.1, -0.05) is 34.1 Å². The Labute approximate surface area is 202 Å². The Kier molecular flexibility index (Phi) is 6.72. The predicted molar refractivity (Wildman–Crippen MR) is 131 cm³/mol. The van der Waals surface area contributed by atoms with Crippen molar-refractivity contribution in [3.05, 3.63) is 97.2 Å². The lowest BCUT2D eigenvalue weighted by Gasteiger charge is -2.11. The molecule has 5 nitrogen and oxygen atoms in total. The first-order valence-electron chi connectivity index (χ1n) is 9.35. The first-order chi connectivity index (χ1) is 15.0. The number of methoxy groups -OCH3 is 1. The quantitative estimate of drug-likeness (QED) is 0.201. The molecule has 0 aliphatic carbocycles. The molecular weight excluding hydrogens is 573 g/mol. The number of aliphatic imine (C=N–C) groups is 1. The molecule has 31 heavy (non-hydrogen) atoms. The maximum absolute atomic E-state index is 12.3. The van der Waals surface area contributed by atoms with E-state index in [4.69, 9.17) is 14.2 Å². The molecule has 7 heteroatoms. The van der Waals surface area contributed by atoms with Crippen molar-refractivity contribution in [2.75, 3.05) is 7.11 Å². The highest BCUT2D eigenvalue weighted by atomic mass is 127. The first kappa shape index (κ1) is 21.6. The molecule has 0 unspecified atom stereocenters. The van der Waals surface area contributed by atoms with Gasteiger partial charge in [-0.15, -0.1) is 0 Å². The Hall–Kier alpha value is -2.65. The van der Waals surface area contributed by atoms with Crippen molar-refractivity contribution in [1.82, 2.24) is 0 Å². The van der Waals surface area contributed by atoms with Crippen LogP contribution >= 0.6 is 38.5 Å². The van der Waals surface area contributed by atoms with Crippen molar-refractivity contribution in [3.63, 3.8) is 0 Å². The van der Waals surface area contributed by atoms with E-state index in [2.05, 4.69) is 49.6 Å². The van der Waals surface area contributed by atoms with Gasteiger partial charge in [-0.25, -0.2) is 9.79 Å². The fourth-order valence-corrected chi connectivity index (χ4v) is 3.84. The minimum Gasteiger partial charge on any atom is -0.493 e. The van der Waals surface area contributed by atoms with E-state index in [1.165, 1.54) is 0 Å². The summed E-state index contributed by atoms with van der Waals surface area (Å²) in [7, 11) is 1.58. The summed E-state index contributed by atoms with van der Waals surface area (Å²) in [4.78, 5) is 16.6. The normalized spacial score (nSPS) is 14.4. The van der Waals surface area contributed by atoms with E-state index in [9.17, 15) is 4.79 Å². The third kappa shape index (κ3) is 5.34. The van der Waals surface area contributed by atoms with Gasteiger partial charge in [0.15, 0.2) is 17.2 Å². The lowest BCUT2D eigenvalue weighted by atomic mass is 10.1. The Bertz CT molecular complexity index is 1190. The van der Waals surface area contributed by atoms with Gasteiger partial charge in [-0.2, -0.15) is 0 Å². The molecule has 3 aromatic rings. The molecule has 0 atom stereocenters. The summed E-state index contributed by atoms with van der Waals surface area (Å²) in [5.74, 6) is 0.990. The predicted octanol–water partition coefficient (Wildman–Crippen LogP) is 5.99. The van der Waals surface area contributed by atoms with Crippen molar-refractivity contribution in [2.45, 2.75) is 6.61 Å². The van der Waals surface area contributed by atoms with Crippen molar-refractivity contribution >= 4 is 56.5 Å². The molecule has 4 rings (SSSR count). The average molecular weight is 590 g/mol. The van der Waals surface area contributed by atoms with Crippen LogP contribution in [0.3, 0.4) is 0 Å². The number of rotatable bonds is 6. The second-order valence-corrected chi connectivity index (χ2v) is 8.83. The van der Waals surface area contributed by atoms with Crippen LogP contribution in [0.25, 0.3) is 6.08 Å². The van der Waals surface area contributed by atoms with Gasteiger partial charge in [0, 0.05) is 13.6 Å². The van der Waals surface area contributed by atoms with E-state index < -0.39 is 5.97 Å². The monoisotopic (exact) mass is 589 g/mol. The molecule has 3 aromatic carbocycles. The van der Waals surface area contributed by atoms with Gasteiger partial charge in [0.2, 0.25) is 5.90 Å². The maximum Gasteiger partial charge on any atom is 0.363 e. The van der Waals surface area contributed by atoms with Crippen molar-refractivity contribution in [1.29, 1.82) is 0 Å². The fraction of sp³-hybridized carbons (Fsp3) is 0.0833. The van der Waals surface area contributed by atoms with Crippen LogP contribution in [-0.4, -0.2) is 19.0 Å². The summed E-state index contributed by atoms with van der Waals surface area (Å²) < 4.78 is 18.8. The summed E-state index contributed by atoms with van der Waals surface area (Å²) >= 11 is 5.66. The number of nitrogens with zero attached hydrogens (tertiary/aromatic N) is 1. The minimum atomic E-state index is -0.490. The molecule has 0 bridgehead atoms. The van der Waals surface area contributed by atoms with Gasteiger partial charge in [0.25, 0.3) is 0 Å². The lowest BCUT2D eigenvalue weighted by Crippen LogP contribution is -2.05. The van der Waals surface area contributed by atoms with E-state index in [1.54, 1.807) is 19.3 Å². The van der Waals surface area contributed by atoms with Crippen LogP contribution in [0.2, 0.25) is 0 Å². The van der Waals surface area contributed by atoms with E-state index in [-0.39, 0.29) is 11.6 Å². The molecule has 0 amide bonds. The van der Waals surface area contributed by atoms with Gasteiger partial charge < -0.3 is 14.2 Å². The molecule has 1 heterocycles. The third-order valence-electron chi connectivity index (χ3n) is 4.49. The Morgan fingerprint density at radius 3 is 2.61 bits per heavy atom. The molecule has 0 N–H and O–H groups in total. The number of hydrogen-bond donors (Lipinski definition) is 0. The topological polar surface area (TPSA) is 57.1 Å². The number of carbonyl (C=O) groups excluding carboxylic acids is 1. The number of ether oxygens (including phenoxy) is 3. The largest absolute Gasteiger partial charge is 0.493 e. The van der Waals surface area contributed by atoms with Crippen LogP contribution in [0.5, 0.6) is 11.5 Å². The smallest absolute Gasteiger partial charge is 0.363 e. The van der Waals surface area contributed by atoms with E-state index >= 15 is 0 Å². The van der Waals surface area contributed by atoms with Crippen LogP contribution < -0.4 is 9.47 Å². The highest BCUT2D eigenvalue weighted by Gasteiger charge is 2.24. The second kappa shape index (κ2) is 9.65. The molecule has 156 valence electrons. The van der Waals surface area contributed by atoms with Crippen LogP contribution in [-0.2, 0) is 16.1 Å². The zero-order chi connectivity index (χ0) is 21.8. The fourth-order valence-electron chi connectivity index (χ4n) is 2.96. The van der Waals surface area contributed by atoms with Gasteiger partial charge in [-0.05, 0) is 88.3 Å². The molecule has 0 saturated heterocycles. The number of carbonyl (C=O) groups is 1. The molecule has 0 fully saturated rings. The summed E-state index contributed by atoms with van der Waals surface area (Å²) in [6.07, 6.45) is 1.67. The summed E-state index contributed by atoms with van der Waals surface area (Å²) in [6.45, 7) is 0.431. The molecule has 0 saturated carbocycles. The Morgan fingerprint density at radius 1 is 1.06 bits per heavy atom. The summed E-state index contributed by atoms with van der Waals surface area (Å²) in [5.41, 5.74) is 2.79. The average Bonchev–Trinajstić information content (AvgIpc) is 3.13. The third-order valence-corrected chi connectivity index (χ3v) is 5.69.